The van der Waals surface area contributed by atoms with Crippen molar-refractivity contribution in [3.8, 4) is 5.75 Å². The molecule has 0 amide bonds. The standard InChI is InChI=1S/C11H10BrNO3S2/c1-16-9-4-2-8(3-5-9)13-18(14,15)11-7-6-10(12)17-11/h2-7,13H,1H3. The highest BCUT2D eigenvalue weighted by Crippen LogP contribution is 2.27. The minimum absolute atomic E-state index is 0.269. The number of methoxy groups -OCH3 is 1. The first kappa shape index (κ1) is 13.4. The van der Waals surface area contributed by atoms with Gasteiger partial charge in [0, 0.05) is 5.69 Å². The number of ether oxygens (including phenoxy) is 1. The lowest BCUT2D eigenvalue weighted by molar-refractivity contribution is 0.415. The van der Waals surface area contributed by atoms with Crippen LogP contribution in [0.5, 0.6) is 5.75 Å². The third-order valence-electron chi connectivity index (χ3n) is 2.16. The predicted molar refractivity (Wildman–Crippen MR) is 75.8 cm³/mol. The summed E-state index contributed by atoms with van der Waals surface area (Å²) in [6, 6.07) is 9.95. The van der Waals surface area contributed by atoms with Crippen molar-refractivity contribution in [1.82, 2.24) is 0 Å². The van der Waals surface area contributed by atoms with E-state index in [0.717, 1.165) is 15.1 Å². The van der Waals surface area contributed by atoms with Crippen LogP contribution < -0.4 is 9.46 Å². The molecule has 2 aromatic rings. The number of hydrogen-bond donors (Lipinski definition) is 1. The molecule has 2 rings (SSSR count). The maximum Gasteiger partial charge on any atom is 0.271 e. The number of anilines is 1. The molecule has 18 heavy (non-hydrogen) atoms. The summed E-state index contributed by atoms with van der Waals surface area (Å²) in [4.78, 5) is 0. The molecule has 0 saturated heterocycles. The Kier molecular flexibility index (Phi) is 3.94. The summed E-state index contributed by atoms with van der Waals surface area (Å²) in [5.74, 6) is 0.678. The Balaban J connectivity index is 2.22. The van der Waals surface area contributed by atoms with Crippen LogP contribution in [0.15, 0.2) is 44.4 Å². The van der Waals surface area contributed by atoms with Crippen LogP contribution in [0.3, 0.4) is 0 Å². The molecule has 4 nitrogen and oxygen atoms in total. The molecule has 0 atom stereocenters. The van der Waals surface area contributed by atoms with Crippen molar-refractivity contribution in [3.63, 3.8) is 0 Å². The maximum absolute atomic E-state index is 12.0. The van der Waals surface area contributed by atoms with Gasteiger partial charge in [-0.1, -0.05) is 0 Å². The second kappa shape index (κ2) is 5.29. The lowest BCUT2D eigenvalue weighted by atomic mass is 10.3. The highest BCUT2D eigenvalue weighted by atomic mass is 79.9. The largest absolute Gasteiger partial charge is 0.497 e. The van der Waals surface area contributed by atoms with Crippen LogP contribution in [0, 0.1) is 0 Å². The summed E-state index contributed by atoms with van der Waals surface area (Å²) < 4.78 is 32.6. The molecule has 7 heteroatoms. The topological polar surface area (TPSA) is 55.4 Å². The zero-order valence-corrected chi connectivity index (χ0v) is 12.6. The van der Waals surface area contributed by atoms with Crippen LogP contribution in [-0.2, 0) is 10.0 Å². The van der Waals surface area contributed by atoms with Gasteiger partial charge in [0.05, 0.1) is 10.9 Å². The van der Waals surface area contributed by atoms with Gasteiger partial charge in [0.1, 0.15) is 9.96 Å². The molecule has 0 radical (unpaired) electrons. The Bertz CT molecular complexity index is 635. The lowest BCUT2D eigenvalue weighted by Crippen LogP contribution is -2.11. The van der Waals surface area contributed by atoms with Crippen LogP contribution in [-0.4, -0.2) is 15.5 Å². The lowest BCUT2D eigenvalue weighted by Gasteiger charge is -2.06. The highest BCUT2D eigenvalue weighted by Gasteiger charge is 2.16. The molecule has 0 aliphatic heterocycles. The van der Waals surface area contributed by atoms with Gasteiger partial charge < -0.3 is 4.74 Å². The molecular weight excluding hydrogens is 338 g/mol. The number of rotatable bonds is 4. The second-order valence-electron chi connectivity index (χ2n) is 3.39. The summed E-state index contributed by atoms with van der Waals surface area (Å²) in [5.41, 5.74) is 0.500. The fourth-order valence-electron chi connectivity index (χ4n) is 1.31. The van der Waals surface area contributed by atoms with E-state index in [4.69, 9.17) is 4.74 Å². The van der Waals surface area contributed by atoms with Gasteiger partial charge in [-0.2, -0.15) is 0 Å². The molecule has 0 aliphatic carbocycles. The Hall–Kier alpha value is -1.05. The summed E-state index contributed by atoms with van der Waals surface area (Å²) in [5, 5.41) is 0. The van der Waals surface area contributed by atoms with Gasteiger partial charge in [0.25, 0.3) is 10.0 Å². The van der Waals surface area contributed by atoms with E-state index in [-0.39, 0.29) is 4.21 Å². The van der Waals surface area contributed by atoms with Crippen molar-refractivity contribution in [2.45, 2.75) is 4.21 Å². The van der Waals surface area contributed by atoms with E-state index in [9.17, 15) is 8.42 Å². The average molecular weight is 348 g/mol. The van der Waals surface area contributed by atoms with Crippen LogP contribution in [0.4, 0.5) is 5.69 Å². The van der Waals surface area contributed by atoms with E-state index in [1.807, 2.05) is 0 Å². The first-order chi connectivity index (χ1) is 8.51. The van der Waals surface area contributed by atoms with Gasteiger partial charge in [-0.15, -0.1) is 11.3 Å². The molecule has 96 valence electrons. The smallest absolute Gasteiger partial charge is 0.271 e. The fraction of sp³-hybridized carbons (Fsp3) is 0.0909. The normalized spacial score (nSPS) is 11.2. The van der Waals surface area contributed by atoms with Crippen LogP contribution in [0.1, 0.15) is 0 Å². The number of halogens is 1. The fourth-order valence-corrected chi connectivity index (χ4v) is 4.38. The molecule has 1 N–H and O–H groups in total. The Morgan fingerprint density at radius 3 is 2.33 bits per heavy atom. The third kappa shape index (κ3) is 3.04. The number of benzene rings is 1. The van der Waals surface area contributed by atoms with Crippen molar-refractivity contribution in [3.05, 3.63) is 40.2 Å². The van der Waals surface area contributed by atoms with Gasteiger partial charge >= 0.3 is 0 Å². The summed E-state index contributed by atoms with van der Waals surface area (Å²) >= 11 is 4.40. The van der Waals surface area contributed by atoms with E-state index in [1.54, 1.807) is 43.5 Å². The summed E-state index contributed by atoms with van der Waals surface area (Å²) in [7, 11) is -1.96. The first-order valence-electron chi connectivity index (χ1n) is 4.93. The maximum atomic E-state index is 12.0. The van der Waals surface area contributed by atoms with Crippen LogP contribution >= 0.6 is 27.3 Å². The van der Waals surface area contributed by atoms with Crippen molar-refractivity contribution in [2.75, 3.05) is 11.8 Å². The van der Waals surface area contributed by atoms with Gasteiger partial charge in [0.2, 0.25) is 0 Å². The molecule has 1 heterocycles. The second-order valence-corrected chi connectivity index (χ2v) is 7.76. The zero-order chi connectivity index (χ0) is 13.2. The Morgan fingerprint density at radius 1 is 1.17 bits per heavy atom. The van der Waals surface area contributed by atoms with E-state index in [1.165, 1.54) is 0 Å². The van der Waals surface area contributed by atoms with Crippen molar-refractivity contribution < 1.29 is 13.2 Å². The quantitative estimate of drug-likeness (QED) is 0.922. The van der Waals surface area contributed by atoms with Crippen LogP contribution in [0.25, 0.3) is 0 Å². The van der Waals surface area contributed by atoms with Gasteiger partial charge in [-0.05, 0) is 52.3 Å². The van der Waals surface area contributed by atoms with E-state index < -0.39 is 10.0 Å². The third-order valence-corrected chi connectivity index (χ3v) is 5.65. The van der Waals surface area contributed by atoms with E-state index >= 15 is 0 Å². The SMILES string of the molecule is COc1ccc(NS(=O)(=O)c2ccc(Br)s2)cc1. The highest BCUT2D eigenvalue weighted by molar-refractivity contribution is 9.11. The van der Waals surface area contributed by atoms with Gasteiger partial charge in [-0.3, -0.25) is 4.72 Å². The summed E-state index contributed by atoms with van der Waals surface area (Å²) in [6.45, 7) is 0. The minimum atomic E-state index is -3.51. The number of nitrogens with one attached hydrogen (secondary N) is 1. The summed E-state index contributed by atoms with van der Waals surface area (Å²) in [6.07, 6.45) is 0. The number of sulfonamides is 1. The van der Waals surface area contributed by atoms with Crippen LogP contribution in [0.2, 0.25) is 0 Å². The molecule has 0 unspecified atom stereocenters. The first-order valence-corrected chi connectivity index (χ1v) is 8.03. The molecule has 1 aromatic carbocycles. The van der Waals surface area contributed by atoms with Crippen molar-refractivity contribution in [2.24, 2.45) is 0 Å². The van der Waals surface area contributed by atoms with E-state index in [0.29, 0.717) is 11.4 Å². The average Bonchev–Trinajstić information content (AvgIpc) is 2.77. The Morgan fingerprint density at radius 2 is 1.83 bits per heavy atom. The molecule has 0 fully saturated rings. The molecule has 0 bridgehead atoms. The molecule has 0 saturated carbocycles. The van der Waals surface area contributed by atoms with Crippen molar-refractivity contribution >= 4 is 43.0 Å². The number of thiophene rings is 1. The van der Waals surface area contributed by atoms with E-state index in [2.05, 4.69) is 20.7 Å². The Labute approximate surface area is 118 Å². The predicted octanol–water partition coefficient (Wildman–Crippen LogP) is 3.32. The van der Waals surface area contributed by atoms with Gasteiger partial charge in [-0.25, -0.2) is 8.42 Å². The zero-order valence-electron chi connectivity index (χ0n) is 9.38. The molecule has 1 aromatic heterocycles. The monoisotopic (exact) mass is 347 g/mol. The molecule has 0 aliphatic rings. The van der Waals surface area contributed by atoms with Gasteiger partial charge in [0.15, 0.2) is 0 Å². The molecular formula is C11H10BrNO3S2. The number of hydrogen-bond acceptors (Lipinski definition) is 4. The molecule has 0 spiro atoms. The van der Waals surface area contributed by atoms with Crippen molar-refractivity contribution in [1.29, 1.82) is 0 Å². The minimum Gasteiger partial charge on any atom is -0.497 e.